The number of nitriles is 1. The fourth-order valence-corrected chi connectivity index (χ4v) is 3.76. The van der Waals surface area contributed by atoms with Crippen molar-refractivity contribution in [3.05, 3.63) is 53.2 Å². The van der Waals surface area contributed by atoms with Crippen molar-refractivity contribution in [1.82, 2.24) is 15.1 Å². The summed E-state index contributed by atoms with van der Waals surface area (Å²) < 4.78 is 10.6. The van der Waals surface area contributed by atoms with Gasteiger partial charge in [-0.2, -0.15) is 10.2 Å². The molecule has 0 bridgehead atoms. The zero-order chi connectivity index (χ0) is 18.4. The number of H-pyrrole nitrogens is 1. The number of nitrogens with one attached hydrogen (secondary N) is 1. The number of aromatic amines is 1. The highest BCUT2D eigenvalue weighted by Gasteiger charge is 2.19. The summed E-state index contributed by atoms with van der Waals surface area (Å²) in [5.74, 6) is 1.45. The van der Waals surface area contributed by atoms with E-state index in [-0.39, 0.29) is 0 Å². The topological polar surface area (TPSA) is 87.7 Å². The van der Waals surface area contributed by atoms with Crippen molar-refractivity contribution in [2.75, 3.05) is 7.11 Å². The second kappa shape index (κ2) is 5.99. The molecule has 0 atom stereocenters. The minimum atomic E-state index is 0.323. The molecule has 2 aromatic carbocycles. The lowest BCUT2D eigenvalue weighted by molar-refractivity contribution is 0.414. The summed E-state index contributed by atoms with van der Waals surface area (Å²) in [6, 6.07) is 13.5. The van der Waals surface area contributed by atoms with Crippen molar-refractivity contribution < 1.29 is 9.26 Å². The number of rotatable bonds is 3. The maximum absolute atomic E-state index is 9.41. The van der Waals surface area contributed by atoms with E-state index in [4.69, 9.17) is 9.26 Å². The molecule has 2 aromatic heterocycles. The first kappa shape index (κ1) is 15.6. The van der Waals surface area contributed by atoms with Gasteiger partial charge in [0.2, 0.25) is 5.82 Å². The molecule has 0 saturated carbocycles. The van der Waals surface area contributed by atoms with E-state index in [0.717, 1.165) is 23.9 Å². The van der Waals surface area contributed by atoms with Gasteiger partial charge in [0.25, 0.3) is 5.89 Å². The Labute approximate surface area is 155 Å². The molecule has 132 valence electrons. The Morgan fingerprint density at radius 1 is 1.19 bits per heavy atom. The summed E-state index contributed by atoms with van der Waals surface area (Å²) in [5.41, 5.74) is 5.82. The minimum absolute atomic E-state index is 0.323. The first-order valence-corrected chi connectivity index (χ1v) is 8.83. The van der Waals surface area contributed by atoms with Crippen LogP contribution < -0.4 is 4.74 Å². The van der Waals surface area contributed by atoms with E-state index in [1.165, 1.54) is 23.1 Å². The van der Waals surface area contributed by atoms with Crippen LogP contribution in [0.15, 0.2) is 40.9 Å². The van der Waals surface area contributed by atoms with Gasteiger partial charge in [-0.1, -0.05) is 5.16 Å². The first-order chi connectivity index (χ1) is 13.3. The lowest BCUT2D eigenvalue weighted by atomic mass is 10.1. The highest BCUT2D eigenvalue weighted by atomic mass is 16.5. The van der Waals surface area contributed by atoms with Crippen molar-refractivity contribution in [3.63, 3.8) is 0 Å². The number of aryl methyl sites for hydroxylation is 2. The Morgan fingerprint density at radius 3 is 2.96 bits per heavy atom. The van der Waals surface area contributed by atoms with E-state index in [1.807, 2.05) is 6.07 Å². The summed E-state index contributed by atoms with van der Waals surface area (Å²) in [5, 5.41) is 14.8. The average molecular weight is 356 g/mol. The molecule has 0 aliphatic heterocycles. The zero-order valence-corrected chi connectivity index (χ0v) is 14.7. The molecule has 4 aromatic rings. The van der Waals surface area contributed by atoms with Crippen LogP contribution in [0.25, 0.3) is 33.7 Å². The Hall–Kier alpha value is -3.59. The molecule has 6 heteroatoms. The van der Waals surface area contributed by atoms with Crippen LogP contribution in [-0.4, -0.2) is 22.2 Å². The van der Waals surface area contributed by atoms with Crippen LogP contribution in [0.3, 0.4) is 0 Å². The summed E-state index contributed by atoms with van der Waals surface area (Å²) in [7, 11) is 1.56. The van der Waals surface area contributed by atoms with Gasteiger partial charge in [-0.3, -0.25) is 0 Å². The molecule has 0 saturated heterocycles. The second-order valence-corrected chi connectivity index (χ2v) is 6.64. The number of nitrogens with zero attached hydrogens (tertiary/aromatic N) is 3. The van der Waals surface area contributed by atoms with E-state index >= 15 is 0 Å². The van der Waals surface area contributed by atoms with Gasteiger partial charge >= 0.3 is 0 Å². The molecule has 1 aliphatic rings. The van der Waals surface area contributed by atoms with E-state index in [0.29, 0.717) is 28.6 Å². The van der Waals surface area contributed by atoms with Crippen LogP contribution in [0.5, 0.6) is 5.75 Å². The Morgan fingerprint density at radius 2 is 2.11 bits per heavy atom. The number of methoxy groups -OCH3 is 1. The van der Waals surface area contributed by atoms with Crippen molar-refractivity contribution >= 4 is 10.9 Å². The fourth-order valence-electron chi connectivity index (χ4n) is 3.76. The molecule has 0 amide bonds. The van der Waals surface area contributed by atoms with Gasteiger partial charge < -0.3 is 14.2 Å². The van der Waals surface area contributed by atoms with E-state index in [9.17, 15) is 5.26 Å². The quantitative estimate of drug-likeness (QED) is 0.593. The zero-order valence-electron chi connectivity index (χ0n) is 14.7. The number of hydrogen-bond donors (Lipinski definition) is 1. The Balaban J connectivity index is 1.56. The molecular weight excluding hydrogens is 340 g/mol. The molecular formula is C21H16N4O2. The van der Waals surface area contributed by atoms with E-state index < -0.39 is 0 Å². The van der Waals surface area contributed by atoms with Gasteiger partial charge in [0, 0.05) is 22.2 Å². The second-order valence-electron chi connectivity index (χ2n) is 6.64. The maximum atomic E-state index is 9.41. The first-order valence-electron chi connectivity index (χ1n) is 8.83. The van der Waals surface area contributed by atoms with Crippen LogP contribution in [0, 0.1) is 11.3 Å². The highest BCUT2D eigenvalue weighted by Crippen LogP contribution is 2.33. The molecule has 27 heavy (non-hydrogen) atoms. The maximum Gasteiger partial charge on any atom is 0.259 e. The lowest BCUT2D eigenvalue weighted by Gasteiger charge is -2.02. The van der Waals surface area contributed by atoms with Crippen LogP contribution in [0.1, 0.15) is 23.2 Å². The molecule has 1 aliphatic carbocycles. The third kappa shape index (κ3) is 2.48. The Kier molecular flexibility index (Phi) is 3.47. The molecule has 0 radical (unpaired) electrons. The molecule has 0 fully saturated rings. The summed E-state index contributed by atoms with van der Waals surface area (Å²) in [6.45, 7) is 0. The molecule has 0 unspecified atom stereocenters. The van der Waals surface area contributed by atoms with Crippen LogP contribution >= 0.6 is 0 Å². The summed E-state index contributed by atoms with van der Waals surface area (Å²) >= 11 is 0. The predicted molar refractivity (Wildman–Crippen MR) is 100 cm³/mol. The monoisotopic (exact) mass is 356 g/mol. The molecule has 2 heterocycles. The van der Waals surface area contributed by atoms with Gasteiger partial charge in [-0.25, -0.2) is 0 Å². The van der Waals surface area contributed by atoms with Gasteiger partial charge in [0.1, 0.15) is 11.8 Å². The summed E-state index contributed by atoms with van der Waals surface area (Å²) in [6.07, 6.45) is 3.41. The van der Waals surface area contributed by atoms with Gasteiger partial charge in [-0.15, -0.1) is 0 Å². The molecule has 0 spiro atoms. The van der Waals surface area contributed by atoms with Crippen molar-refractivity contribution in [3.8, 4) is 34.7 Å². The van der Waals surface area contributed by atoms with Crippen LogP contribution in [-0.2, 0) is 12.8 Å². The third-order valence-corrected chi connectivity index (χ3v) is 5.11. The van der Waals surface area contributed by atoms with Gasteiger partial charge in [-0.05, 0) is 61.2 Å². The molecule has 5 rings (SSSR count). The third-order valence-electron chi connectivity index (χ3n) is 5.11. The standard InChI is InChI=1S/C21H16N4O2/c1-26-14-6-7-15(13(9-14)11-22)21-24-20(25-27-21)12-5-8-19-17(10-12)16-3-2-4-18(16)23-19/h5-10,23H,2-4H2,1H3. The number of hydrogen-bond acceptors (Lipinski definition) is 5. The largest absolute Gasteiger partial charge is 0.497 e. The van der Waals surface area contributed by atoms with E-state index in [1.54, 1.807) is 25.3 Å². The predicted octanol–water partition coefficient (Wildman–Crippen LogP) is 4.25. The SMILES string of the molecule is COc1ccc(-c2nc(-c3ccc4[nH]c5c(c4c3)CCC5)no2)c(C#N)c1. The average Bonchev–Trinajstić information content (AvgIpc) is 3.43. The molecule has 6 nitrogen and oxygen atoms in total. The van der Waals surface area contributed by atoms with Crippen molar-refractivity contribution in [1.29, 1.82) is 5.26 Å². The number of benzene rings is 2. The Bertz CT molecular complexity index is 1210. The highest BCUT2D eigenvalue weighted by molar-refractivity contribution is 5.89. The smallest absolute Gasteiger partial charge is 0.259 e. The number of aromatic nitrogens is 3. The van der Waals surface area contributed by atoms with Gasteiger partial charge in [0.15, 0.2) is 0 Å². The summed E-state index contributed by atoms with van der Waals surface area (Å²) in [4.78, 5) is 8.02. The lowest BCUT2D eigenvalue weighted by Crippen LogP contribution is -1.88. The number of fused-ring (bicyclic) bond motifs is 3. The fraction of sp³-hybridized carbons (Fsp3) is 0.190. The minimum Gasteiger partial charge on any atom is -0.497 e. The normalized spacial score (nSPS) is 12.9. The van der Waals surface area contributed by atoms with Gasteiger partial charge in [0.05, 0.1) is 18.2 Å². The van der Waals surface area contributed by atoms with Crippen molar-refractivity contribution in [2.24, 2.45) is 0 Å². The number of ether oxygens (including phenoxy) is 1. The van der Waals surface area contributed by atoms with E-state index in [2.05, 4.69) is 33.3 Å². The molecule has 1 N–H and O–H groups in total. The van der Waals surface area contributed by atoms with Crippen molar-refractivity contribution in [2.45, 2.75) is 19.3 Å². The van der Waals surface area contributed by atoms with Crippen LogP contribution in [0.4, 0.5) is 0 Å². The van der Waals surface area contributed by atoms with Crippen LogP contribution in [0.2, 0.25) is 0 Å².